The third-order valence-corrected chi connectivity index (χ3v) is 2.74. The molecule has 80 valence electrons. The van der Waals surface area contributed by atoms with Crippen molar-refractivity contribution in [1.82, 2.24) is 0 Å². The van der Waals surface area contributed by atoms with Crippen LogP contribution in [0.4, 0.5) is 0 Å². The van der Waals surface area contributed by atoms with E-state index in [1.54, 1.807) is 0 Å². The van der Waals surface area contributed by atoms with Crippen LogP contribution in [0.25, 0.3) is 0 Å². The second kappa shape index (κ2) is 4.67. The van der Waals surface area contributed by atoms with Gasteiger partial charge in [-0.05, 0) is 26.2 Å². The molecule has 3 N–H and O–H groups in total. The summed E-state index contributed by atoms with van der Waals surface area (Å²) in [6, 6.07) is 0. The summed E-state index contributed by atoms with van der Waals surface area (Å²) in [6.07, 6.45) is 0.854. The van der Waals surface area contributed by atoms with Gasteiger partial charge in [0.1, 0.15) is 12.3 Å². The van der Waals surface area contributed by atoms with Gasteiger partial charge in [-0.3, -0.25) is 0 Å². The predicted molar refractivity (Wildman–Crippen MR) is 55.0 cm³/mol. The highest BCUT2D eigenvalue weighted by molar-refractivity contribution is 7.59. The molecule has 4 nitrogen and oxygen atoms in total. The zero-order valence-corrected chi connectivity index (χ0v) is 9.97. The van der Waals surface area contributed by atoms with Crippen molar-refractivity contribution in [3.05, 3.63) is 0 Å². The Kier molecular flexibility index (Phi) is 4.77. The van der Waals surface area contributed by atoms with Crippen LogP contribution in [-0.2, 0) is 9.15 Å². The Hall–Kier alpha value is 0.270. The number of nitrogens with two attached hydrogens (primary N) is 1. The molecule has 0 spiro atoms. The normalized spacial score (nSPS) is 17.5. The van der Waals surface area contributed by atoms with Crippen LogP contribution in [0, 0.1) is 5.92 Å². The quantitative estimate of drug-likeness (QED) is 0.538. The minimum absolute atomic E-state index is 0.398. The molecule has 0 aromatic carbocycles. The van der Waals surface area contributed by atoms with Gasteiger partial charge in [-0.15, -0.1) is 0 Å². The van der Waals surface area contributed by atoms with Gasteiger partial charge in [0, 0.05) is 0 Å². The fourth-order valence-corrected chi connectivity index (χ4v) is 2.54. The highest BCUT2D eigenvalue weighted by Crippen LogP contribution is 2.55. The van der Waals surface area contributed by atoms with Crippen molar-refractivity contribution < 1.29 is 14.0 Å². The minimum Gasteiger partial charge on any atom is -0.191 e. The smallest absolute Gasteiger partial charge is 0.191 e. The van der Waals surface area contributed by atoms with Crippen LogP contribution < -0.4 is 5.90 Å². The monoisotopic (exact) mass is 210 g/mol. The summed E-state index contributed by atoms with van der Waals surface area (Å²) in [5, 5.41) is 0. The molecule has 5 heteroatoms. The Balaban J connectivity index is 4.16. The Morgan fingerprint density at radius 3 is 2.23 bits per heavy atom. The Morgan fingerprint density at radius 2 is 1.92 bits per heavy atom. The molecule has 1 atom stereocenters. The van der Waals surface area contributed by atoms with Crippen molar-refractivity contribution in [2.24, 2.45) is 11.8 Å². The Bertz CT molecular complexity index is 159. The molecular formula is C8H21NO3P+. The SMILES string of the molecule is CC(C)CC(C)(C)O[P+](C)(O)ON. The number of hydrogen-bond acceptors (Lipinski definition) is 4. The molecule has 0 fully saturated rings. The van der Waals surface area contributed by atoms with Gasteiger partial charge in [0.15, 0.2) is 0 Å². The molecule has 0 bridgehead atoms. The van der Waals surface area contributed by atoms with Crippen molar-refractivity contribution in [1.29, 1.82) is 0 Å². The van der Waals surface area contributed by atoms with Gasteiger partial charge in [0.05, 0.1) is 0 Å². The van der Waals surface area contributed by atoms with Crippen LogP contribution in [-0.4, -0.2) is 17.2 Å². The second-order valence-electron chi connectivity index (χ2n) is 4.36. The first-order valence-electron chi connectivity index (χ1n) is 4.37. The van der Waals surface area contributed by atoms with Crippen LogP contribution in [0.2, 0.25) is 0 Å². The highest BCUT2D eigenvalue weighted by Gasteiger charge is 2.41. The molecule has 1 unspecified atom stereocenters. The van der Waals surface area contributed by atoms with Gasteiger partial charge >= 0.3 is 7.94 Å². The van der Waals surface area contributed by atoms with Gasteiger partial charge in [0.2, 0.25) is 0 Å². The van der Waals surface area contributed by atoms with Gasteiger partial charge in [0.25, 0.3) is 0 Å². The van der Waals surface area contributed by atoms with E-state index in [0.717, 1.165) is 6.42 Å². The van der Waals surface area contributed by atoms with E-state index in [0.29, 0.717) is 5.92 Å². The third kappa shape index (κ3) is 6.36. The molecule has 0 heterocycles. The van der Waals surface area contributed by atoms with Gasteiger partial charge < -0.3 is 0 Å². The van der Waals surface area contributed by atoms with Crippen LogP contribution in [0.15, 0.2) is 0 Å². The topological polar surface area (TPSA) is 64.7 Å². The van der Waals surface area contributed by atoms with Crippen molar-refractivity contribution in [3.8, 4) is 0 Å². The Morgan fingerprint density at radius 1 is 1.46 bits per heavy atom. The van der Waals surface area contributed by atoms with Crippen LogP contribution in [0.3, 0.4) is 0 Å². The molecule has 0 amide bonds. The Labute approximate surface area is 81.0 Å². The summed E-state index contributed by atoms with van der Waals surface area (Å²) in [7, 11) is -2.82. The van der Waals surface area contributed by atoms with Gasteiger partial charge in [-0.25, -0.2) is 0 Å². The first-order chi connectivity index (χ1) is 5.68. The van der Waals surface area contributed by atoms with Crippen molar-refractivity contribution >= 4 is 7.94 Å². The van der Waals surface area contributed by atoms with E-state index in [9.17, 15) is 4.89 Å². The number of rotatable bonds is 5. The van der Waals surface area contributed by atoms with Crippen molar-refractivity contribution in [3.63, 3.8) is 0 Å². The van der Waals surface area contributed by atoms with Crippen LogP contribution in [0.5, 0.6) is 0 Å². The van der Waals surface area contributed by atoms with E-state index < -0.39 is 13.5 Å². The molecule has 13 heavy (non-hydrogen) atoms. The summed E-state index contributed by atoms with van der Waals surface area (Å²) < 4.78 is 9.80. The molecule has 0 rings (SSSR count). The lowest BCUT2D eigenvalue weighted by atomic mass is 9.97. The minimum atomic E-state index is -2.82. The average Bonchev–Trinajstić information content (AvgIpc) is 1.81. The molecule has 0 aliphatic carbocycles. The second-order valence-corrected chi connectivity index (χ2v) is 6.36. The van der Waals surface area contributed by atoms with Crippen molar-refractivity contribution in [2.45, 2.75) is 39.7 Å². The summed E-state index contributed by atoms with van der Waals surface area (Å²) >= 11 is 0. The molecule has 0 aliphatic rings. The maximum atomic E-state index is 9.51. The fraction of sp³-hybridized carbons (Fsp3) is 1.00. The lowest BCUT2D eigenvalue weighted by molar-refractivity contribution is 0.0473. The molecule has 0 saturated heterocycles. The van der Waals surface area contributed by atoms with E-state index >= 15 is 0 Å². The molecule has 0 saturated carbocycles. The predicted octanol–water partition coefficient (Wildman–Crippen LogP) is 2.10. The summed E-state index contributed by atoms with van der Waals surface area (Å²) in [4.78, 5) is 9.51. The molecule has 0 radical (unpaired) electrons. The van der Waals surface area contributed by atoms with Crippen LogP contribution >= 0.6 is 7.94 Å². The first-order valence-corrected chi connectivity index (χ1v) is 6.39. The highest BCUT2D eigenvalue weighted by atomic mass is 31.2. The summed E-state index contributed by atoms with van der Waals surface area (Å²) in [5.41, 5.74) is -0.398. The van der Waals surface area contributed by atoms with E-state index in [1.165, 1.54) is 6.66 Å². The fourth-order valence-electron chi connectivity index (χ4n) is 1.50. The first kappa shape index (κ1) is 13.3. The zero-order chi connectivity index (χ0) is 10.7. The zero-order valence-electron chi connectivity index (χ0n) is 9.07. The lowest BCUT2D eigenvalue weighted by Gasteiger charge is -2.26. The van der Waals surface area contributed by atoms with E-state index in [1.807, 2.05) is 13.8 Å². The largest absolute Gasteiger partial charge is 0.428 e. The molecule has 0 aromatic rings. The van der Waals surface area contributed by atoms with E-state index in [-0.39, 0.29) is 0 Å². The van der Waals surface area contributed by atoms with Gasteiger partial charge in [-0.1, -0.05) is 18.5 Å². The number of hydrogen-bond donors (Lipinski definition) is 2. The summed E-state index contributed by atoms with van der Waals surface area (Å²) in [6.45, 7) is 9.51. The standard InChI is InChI=1S/C8H21NO3P/c1-7(2)6-8(3,4)11-13(5,10)12-9/h7,10H,6,9H2,1-5H3/q+1. The lowest BCUT2D eigenvalue weighted by Crippen LogP contribution is -2.27. The maximum absolute atomic E-state index is 9.51. The third-order valence-electron chi connectivity index (χ3n) is 1.51. The van der Waals surface area contributed by atoms with E-state index in [2.05, 4.69) is 18.5 Å². The maximum Gasteiger partial charge on any atom is 0.428 e. The van der Waals surface area contributed by atoms with Crippen molar-refractivity contribution in [2.75, 3.05) is 6.66 Å². The van der Waals surface area contributed by atoms with Gasteiger partial charge in [-0.2, -0.15) is 15.3 Å². The molecular weight excluding hydrogens is 189 g/mol. The molecule has 0 aromatic heterocycles. The summed E-state index contributed by atoms with van der Waals surface area (Å²) in [5.74, 6) is 5.43. The van der Waals surface area contributed by atoms with Crippen LogP contribution in [0.1, 0.15) is 34.1 Å². The van der Waals surface area contributed by atoms with E-state index in [4.69, 9.17) is 10.4 Å². The average molecular weight is 210 g/mol. The molecule has 0 aliphatic heterocycles.